The molecule has 78 valence electrons. The summed E-state index contributed by atoms with van der Waals surface area (Å²) >= 11 is 0. The highest BCUT2D eigenvalue weighted by Crippen LogP contribution is 1.94. The number of rotatable bonds is 6. The van der Waals surface area contributed by atoms with Gasteiger partial charge in [-0.15, -0.1) is 0 Å². The molecule has 0 aliphatic rings. The van der Waals surface area contributed by atoms with E-state index in [1.165, 1.54) is 0 Å². The van der Waals surface area contributed by atoms with Crippen molar-refractivity contribution in [2.45, 2.75) is 39.7 Å². The maximum atomic E-state index is 11.3. The summed E-state index contributed by atoms with van der Waals surface area (Å²) in [7, 11) is 1.83. The van der Waals surface area contributed by atoms with Crippen molar-refractivity contribution in [3.63, 3.8) is 0 Å². The average molecular weight is 186 g/mol. The molecule has 0 spiro atoms. The highest BCUT2D eigenvalue weighted by atomic mass is 16.2. The lowest BCUT2D eigenvalue weighted by molar-refractivity contribution is -0.128. The van der Waals surface area contributed by atoms with Crippen molar-refractivity contribution in [3.05, 3.63) is 0 Å². The summed E-state index contributed by atoms with van der Waals surface area (Å²) < 4.78 is 0. The van der Waals surface area contributed by atoms with Crippen molar-refractivity contribution < 1.29 is 4.79 Å². The maximum absolute atomic E-state index is 11.3. The zero-order valence-electron chi connectivity index (χ0n) is 9.26. The Labute approximate surface area is 81.5 Å². The fourth-order valence-corrected chi connectivity index (χ4v) is 1.11. The van der Waals surface area contributed by atoms with Gasteiger partial charge in [0.05, 0.1) is 6.54 Å². The van der Waals surface area contributed by atoms with Gasteiger partial charge in [0.25, 0.3) is 0 Å². The molecule has 0 fully saturated rings. The minimum Gasteiger partial charge on any atom is -0.345 e. The topological polar surface area (TPSA) is 32.3 Å². The number of nitrogens with zero attached hydrogens (tertiary/aromatic N) is 1. The zero-order chi connectivity index (χ0) is 10.3. The Hall–Kier alpha value is -0.570. The Morgan fingerprint density at radius 1 is 1.46 bits per heavy atom. The van der Waals surface area contributed by atoms with E-state index in [0.717, 1.165) is 19.4 Å². The van der Waals surface area contributed by atoms with E-state index in [4.69, 9.17) is 0 Å². The smallest absolute Gasteiger partial charge is 0.236 e. The van der Waals surface area contributed by atoms with Gasteiger partial charge in [0.1, 0.15) is 0 Å². The van der Waals surface area contributed by atoms with Gasteiger partial charge in [-0.25, -0.2) is 0 Å². The second-order valence-electron chi connectivity index (χ2n) is 3.48. The summed E-state index contributed by atoms with van der Waals surface area (Å²) in [5.74, 6) is 0.172. The van der Waals surface area contributed by atoms with Crippen LogP contribution in [0.1, 0.15) is 33.6 Å². The predicted molar refractivity (Wildman–Crippen MR) is 55.7 cm³/mol. The minimum absolute atomic E-state index is 0.172. The molecule has 0 heterocycles. The van der Waals surface area contributed by atoms with Gasteiger partial charge in [-0.2, -0.15) is 0 Å². The number of hydrogen-bond donors (Lipinski definition) is 1. The molecule has 13 heavy (non-hydrogen) atoms. The molecule has 0 radical (unpaired) electrons. The lowest BCUT2D eigenvalue weighted by Gasteiger charge is -2.17. The molecule has 1 N–H and O–H groups in total. The Kier molecular flexibility index (Phi) is 6.59. The molecule has 1 unspecified atom stereocenters. The molecule has 0 aromatic carbocycles. The van der Waals surface area contributed by atoms with Gasteiger partial charge in [0.15, 0.2) is 0 Å². The average Bonchev–Trinajstić information content (AvgIpc) is 2.13. The monoisotopic (exact) mass is 186 g/mol. The molecule has 3 heteroatoms. The SMILES string of the molecule is CCCC(C)NCC(=O)N(C)CC. The molecule has 0 bridgehead atoms. The fourth-order valence-electron chi connectivity index (χ4n) is 1.11. The lowest BCUT2D eigenvalue weighted by atomic mass is 10.2. The third-order valence-corrected chi connectivity index (χ3v) is 2.22. The van der Waals surface area contributed by atoms with E-state index in [1.54, 1.807) is 4.90 Å². The molecule has 1 amide bonds. The van der Waals surface area contributed by atoms with Crippen LogP contribution in [0.2, 0.25) is 0 Å². The van der Waals surface area contributed by atoms with Gasteiger partial charge in [0, 0.05) is 19.6 Å². The second-order valence-corrected chi connectivity index (χ2v) is 3.48. The normalized spacial score (nSPS) is 12.6. The lowest BCUT2D eigenvalue weighted by Crippen LogP contribution is -2.38. The summed E-state index contributed by atoms with van der Waals surface area (Å²) in [6.45, 7) is 7.49. The van der Waals surface area contributed by atoms with Crippen molar-refractivity contribution >= 4 is 5.91 Å². The quantitative estimate of drug-likeness (QED) is 0.677. The van der Waals surface area contributed by atoms with Crippen LogP contribution in [-0.4, -0.2) is 37.0 Å². The van der Waals surface area contributed by atoms with Gasteiger partial charge in [-0.1, -0.05) is 13.3 Å². The van der Waals surface area contributed by atoms with E-state index < -0.39 is 0 Å². The first kappa shape index (κ1) is 12.4. The van der Waals surface area contributed by atoms with E-state index in [9.17, 15) is 4.79 Å². The summed E-state index contributed by atoms with van der Waals surface area (Å²) in [6.07, 6.45) is 2.29. The van der Waals surface area contributed by atoms with Crippen molar-refractivity contribution in [3.8, 4) is 0 Å². The number of carbonyl (C=O) groups excluding carboxylic acids is 1. The fraction of sp³-hybridized carbons (Fsp3) is 0.900. The van der Waals surface area contributed by atoms with E-state index in [0.29, 0.717) is 12.6 Å². The third-order valence-electron chi connectivity index (χ3n) is 2.22. The summed E-state index contributed by atoms with van der Waals surface area (Å²) in [6, 6.07) is 0.444. The van der Waals surface area contributed by atoms with Crippen LogP contribution in [0, 0.1) is 0 Å². The van der Waals surface area contributed by atoms with Crippen LogP contribution in [-0.2, 0) is 4.79 Å². The maximum Gasteiger partial charge on any atom is 0.236 e. The summed E-state index contributed by atoms with van der Waals surface area (Å²) in [5, 5.41) is 3.21. The van der Waals surface area contributed by atoms with Gasteiger partial charge in [-0.3, -0.25) is 4.79 Å². The third kappa shape index (κ3) is 5.64. The summed E-state index contributed by atoms with van der Waals surface area (Å²) in [5.41, 5.74) is 0. The molecule has 0 saturated carbocycles. The van der Waals surface area contributed by atoms with Crippen LogP contribution in [0.5, 0.6) is 0 Å². The summed E-state index contributed by atoms with van der Waals surface area (Å²) in [4.78, 5) is 13.1. The van der Waals surface area contributed by atoms with Crippen LogP contribution in [0.4, 0.5) is 0 Å². The highest BCUT2D eigenvalue weighted by molar-refractivity contribution is 5.77. The number of carbonyl (C=O) groups is 1. The molecule has 0 aliphatic heterocycles. The highest BCUT2D eigenvalue weighted by Gasteiger charge is 2.07. The standard InChI is InChI=1S/C10H22N2O/c1-5-7-9(3)11-8-10(13)12(4)6-2/h9,11H,5-8H2,1-4H3. The molecule has 0 saturated heterocycles. The number of likely N-dealkylation sites (N-methyl/N-ethyl adjacent to an activating group) is 1. The van der Waals surface area contributed by atoms with Crippen LogP contribution >= 0.6 is 0 Å². The van der Waals surface area contributed by atoms with Crippen molar-refractivity contribution in [1.29, 1.82) is 0 Å². The Morgan fingerprint density at radius 2 is 2.08 bits per heavy atom. The van der Waals surface area contributed by atoms with Gasteiger partial charge < -0.3 is 10.2 Å². The van der Waals surface area contributed by atoms with Crippen LogP contribution in [0.15, 0.2) is 0 Å². The van der Waals surface area contributed by atoms with Gasteiger partial charge >= 0.3 is 0 Å². The molecule has 3 nitrogen and oxygen atoms in total. The van der Waals surface area contributed by atoms with Crippen LogP contribution < -0.4 is 5.32 Å². The van der Waals surface area contributed by atoms with Crippen molar-refractivity contribution in [2.24, 2.45) is 0 Å². The molecule has 1 atom stereocenters. The Morgan fingerprint density at radius 3 is 2.54 bits per heavy atom. The first-order valence-electron chi connectivity index (χ1n) is 5.09. The van der Waals surface area contributed by atoms with Crippen LogP contribution in [0.3, 0.4) is 0 Å². The second kappa shape index (κ2) is 6.89. The Balaban J connectivity index is 3.57. The largest absolute Gasteiger partial charge is 0.345 e. The van der Waals surface area contributed by atoms with Crippen molar-refractivity contribution in [2.75, 3.05) is 20.1 Å². The molecule has 0 rings (SSSR count). The van der Waals surface area contributed by atoms with E-state index in [-0.39, 0.29) is 5.91 Å². The van der Waals surface area contributed by atoms with Gasteiger partial charge in [0.2, 0.25) is 5.91 Å². The molecule has 0 aliphatic carbocycles. The molecular formula is C10H22N2O. The van der Waals surface area contributed by atoms with E-state index in [1.807, 2.05) is 14.0 Å². The van der Waals surface area contributed by atoms with E-state index >= 15 is 0 Å². The first-order valence-corrected chi connectivity index (χ1v) is 5.09. The molecule has 0 aromatic rings. The number of hydrogen-bond acceptors (Lipinski definition) is 2. The predicted octanol–water partition coefficient (Wildman–Crippen LogP) is 1.24. The molecular weight excluding hydrogens is 164 g/mol. The molecule has 0 aromatic heterocycles. The Bertz CT molecular complexity index is 148. The zero-order valence-corrected chi connectivity index (χ0v) is 9.26. The van der Waals surface area contributed by atoms with Gasteiger partial charge in [-0.05, 0) is 20.3 Å². The van der Waals surface area contributed by atoms with Crippen molar-refractivity contribution in [1.82, 2.24) is 10.2 Å². The number of nitrogens with one attached hydrogen (secondary N) is 1. The minimum atomic E-state index is 0.172. The number of amides is 1. The van der Waals surface area contributed by atoms with Crippen LogP contribution in [0.25, 0.3) is 0 Å². The first-order chi connectivity index (χ1) is 6.11. The van der Waals surface area contributed by atoms with E-state index in [2.05, 4.69) is 19.2 Å².